The van der Waals surface area contributed by atoms with Gasteiger partial charge in [0.25, 0.3) is 0 Å². The Labute approximate surface area is 87.9 Å². The van der Waals surface area contributed by atoms with Crippen molar-refractivity contribution < 1.29 is 14.2 Å². The van der Waals surface area contributed by atoms with Gasteiger partial charge in [0.1, 0.15) is 5.82 Å². The van der Waals surface area contributed by atoms with Gasteiger partial charge < -0.3 is 15.2 Å². The molecule has 1 saturated heterocycles. The van der Waals surface area contributed by atoms with E-state index in [2.05, 4.69) is 5.32 Å². The number of benzene rings is 1. The zero-order valence-electron chi connectivity index (χ0n) is 8.53. The first-order valence-electron chi connectivity index (χ1n) is 4.95. The summed E-state index contributed by atoms with van der Waals surface area (Å²) < 4.78 is 18.1. The van der Waals surface area contributed by atoms with Crippen molar-refractivity contribution >= 4 is 5.69 Å². The predicted octanol–water partition coefficient (Wildman–Crippen LogP) is 1.31. The summed E-state index contributed by atoms with van der Waals surface area (Å²) in [6.45, 7) is 2.69. The number of aliphatic hydroxyl groups is 1. The minimum Gasteiger partial charge on any atom is -0.388 e. The number of halogens is 1. The van der Waals surface area contributed by atoms with Crippen LogP contribution in [0.2, 0.25) is 0 Å². The topological polar surface area (TPSA) is 41.5 Å². The molecule has 2 rings (SSSR count). The molecular formula is C11H14FNO2. The first-order chi connectivity index (χ1) is 7.16. The summed E-state index contributed by atoms with van der Waals surface area (Å²) in [4.78, 5) is 0. The van der Waals surface area contributed by atoms with Gasteiger partial charge in [-0.2, -0.15) is 0 Å². The first kappa shape index (κ1) is 10.4. The van der Waals surface area contributed by atoms with Crippen LogP contribution < -0.4 is 5.32 Å². The van der Waals surface area contributed by atoms with Crippen LogP contribution in [-0.2, 0) is 4.74 Å². The molecule has 0 bridgehead atoms. The second-order valence-corrected chi connectivity index (χ2v) is 3.81. The van der Waals surface area contributed by atoms with Crippen LogP contribution in [0.3, 0.4) is 0 Å². The van der Waals surface area contributed by atoms with Crippen molar-refractivity contribution in [3.8, 4) is 0 Å². The first-order valence-corrected chi connectivity index (χ1v) is 4.95. The molecule has 0 aliphatic carbocycles. The fraction of sp³-hybridized carbons (Fsp3) is 0.455. The van der Waals surface area contributed by atoms with Crippen LogP contribution in [0.4, 0.5) is 10.1 Å². The van der Waals surface area contributed by atoms with Crippen molar-refractivity contribution in [2.24, 2.45) is 0 Å². The molecule has 3 nitrogen and oxygen atoms in total. The normalized spacial score (nSPS) is 25.5. The lowest BCUT2D eigenvalue weighted by Gasteiger charge is -2.17. The van der Waals surface area contributed by atoms with Gasteiger partial charge >= 0.3 is 0 Å². The lowest BCUT2D eigenvalue weighted by atomic mass is 10.1. The second kappa shape index (κ2) is 4.16. The fourth-order valence-electron chi connectivity index (χ4n) is 1.63. The van der Waals surface area contributed by atoms with Gasteiger partial charge in [-0.05, 0) is 24.6 Å². The Hall–Kier alpha value is -1.13. The van der Waals surface area contributed by atoms with Gasteiger partial charge in [-0.1, -0.05) is 6.07 Å². The highest BCUT2D eigenvalue weighted by Crippen LogP contribution is 2.19. The third-order valence-corrected chi connectivity index (χ3v) is 2.59. The summed E-state index contributed by atoms with van der Waals surface area (Å²) in [6, 6.07) is 4.41. The molecule has 1 fully saturated rings. The van der Waals surface area contributed by atoms with Crippen molar-refractivity contribution in [2.45, 2.75) is 19.1 Å². The molecule has 0 aromatic heterocycles. The Morgan fingerprint density at radius 3 is 2.93 bits per heavy atom. The van der Waals surface area contributed by atoms with Crippen LogP contribution in [0.25, 0.3) is 0 Å². The van der Waals surface area contributed by atoms with E-state index in [0.29, 0.717) is 18.9 Å². The smallest absolute Gasteiger partial charge is 0.125 e. The highest BCUT2D eigenvalue weighted by molar-refractivity contribution is 5.51. The van der Waals surface area contributed by atoms with Crippen molar-refractivity contribution in [2.75, 3.05) is 18.5 Å². The third-order valence-electron chi connectivity index (χ3n) is 2.59. The van der Waals surface area contributed by atoms with E-state index >= 15 is 0 Å². The van der Waals surface area contributed by atoms with E-state index in [1.54, 1.807) is 6.07 Å². The minimum absolute atomic E-state index is 0.148. The summed E-state index contributed by atoms with van der Waals surface area (Å²) in [5, 5.41) is 12.6. The van der Waals surface area contributed by atoms with E-state index in [1.165, 1.54) is 12.1 Å². The van der Waals surface area contributed by atoms with Crippen LogP contribution >= 0.6 is 0 Å². The molecule has 2 atom stereocenters. The van der Waals surface area contributed by atoms with Crippen LogP contribution in [0, 0.1) is 12.7 Å². The van der Waals surface area contributed by atoms with Crippen molar-refractivity contribution in [1.82, 2.24) is 0 Å². The number of aliphatic hydroxyl groups excluding tert-OH is 1. The maximum Gasteiger partial charge on any atom is 0.125 e. The standard InChI is InChI=1S/C11H14FNO2/c1-7-2-3-8(12)4-9(7)13-10-5-15-6-11(10)14/h2-4,10-11,13-14H,5-6H2,1H3. The SMILES string of the molecule is Cc1ccc(F)cc1NC1COCC1O. The summed E-state index contributed by atoms with van der Waals surface area (Å²) in [7, 11) is 0. The lowest BCUT2D eigenvalue weighted by molar-refractivity contribution is 0.125. The third kappa shape index (κ3) is 2.27. The molecule has 1 aromatic rings. The number of hydrogen-bond acceptors (Lipinski definition) is 3. The van der Waals surface area contributed by atoms with E-state index < -0.39 is 6.10 Å². The number of rotatable bonds is 2. The molecule has 1 heterocycles. The molecule has 2 unspecified atom stereocenters. The molecule has 0 radical (unpaired) electrons. The largest absolute Gasteiger partial charge is 0.388 e. The maximum absolute atomic E-state index is 13.0. The molecule has 82 valence electrons. The van der Waals surface area contributed by atoms with Gasteiger partial charge in [0.05, 0.1) is 25.4 Å². The molecule has 1 aromatic carbocycles. The molecule has 1 aliphatic heterocycles. The van der Waals surface area contributed by atoms with Gasteiger partial charge in [-0.3, -0.25) is 0 Å². The number of aryl methyl sites for hydroxylation is 1. The molecule has 1 aliphatic rings. The van der Waals surface area contributed by atoms with Crippen molar-refractivity contribution in [1.29, 1.82) is 0 Å². The lowest BCUT2D eigenvalue weighted by Crippen LogP contribution is -2.32. The van der Waals surface area contributed by atoms with Gasteiger partial charge in [0, 0.05) is 5.69 Å². The number of ether oxygens (including phenoxy) is 1. The highest BCUT2D eigenvalue weighted by atomic mass is 19.1. The van der Waals surface area contributed by atoms with E-state index in [4.69, 9.17) is 4.74 Å². The van der Waals surface area contributed by atoms with Crippen molar-refractivity contribution in [3.63, 3.8) is 0 Å². The number of anilines is 1. The summed E-state index contributed by atoms with van der Waals surface area (Å²) in [6.07, 6.45) is -0.521. The average molecular weight is 211 g/mol. The second-order valence-electron chi connectivity index (χ2n) is 3.81. The van der Waals surface area contributed by atoms with E-state index in [9.17, 15) is 9.50 Å². The van der Waals surface area contributed by atoms with Crippen molar-refractivity contribution in [3.05, 3.63) is 29.6 Å². The van der Waals surface area contributed by atoms with Gasteiger partial charge in [-0.15, -0.1) is 0 Å². The quantitative estimate of drug-likeness (QED) is 0.775. The highest BCUT2D eigenvalue weighted by Gasteiger charge is 2.26. The molecule has 0 spiro atoms. The van der Waals surface area contributed by atoms with Gasteiger partial charge in [0.2, 0.25) is 0 Å². The number of hydrogen-bond donors (Lipinski definition) is 2. The Kier molecular flexibility index (Phi) is 2.88. The maximum atomic E-state index is 13.0. The van der Waals surface area contributed by atoms with Gasteiger partial charge in [-0.25, -0.2) is 4.39 Å². The molecule has 0 saturated carbocycles. The Morgan fingerprint density at radius 1 is 1.47 bits per heavy atom. The monoisotopic (exact) mass is 211 g/mol. The van der Waals surface area contributed by atoms with Crippen LogP contribution in [0.1, 0.15) is 5.56 Å². The Morgan fingerprint density at radius 2 is 2.27 bits per heavy atom. The zero-order valence-corrected chi connectivity index (χ0v) is 8.53. The van der Waals surface area contributed by atoms with E-state index in [-0.39, 0.29) is 11.9 Å². The minimum atomic E-state index is -0.521. The zero-order chi connectivity index (χ0) is 10.8. The van der Waals surface area contributed by atoms with E-state index in [0.717, 1.165) is 5.56 Å². The molecule has 2 N–H and O–H groups in total. The summed E-state index contributed by atoms with van der Waals surface area (Å²) >= 11 is 0. The Balaban J connectivity index is 2.12. The van der Waals surface area contributed by atoms with Crippen LogP contribution in [-0.4, -0.2) is 30.5 Å². The van der Waals surface area contributed by atoms with Crippen LogP contribution in [0.15, 0.2) is 18.2 Å². The van der Waals surface area contributed by atoms with E-state index in [1.807, 2.05) is 6.92 Å². The van der Waals surface area contributed by atoms with Crippen LogP contribution in [0.5, 0.6) is 0 Å². The molecule has 0 amide bonds. The van der Waals surface area contributed by atoms with Gasteiger partial charge in [0.15, 0.2) is 0 Å². The predicted molar refractivity (Wildman–Crippen MR) is 55.4 cm³/mol. The summed E-state index contributed by atoms with van der Waals surface area (Å²) in [5.74, 6) is -0.281. The summed E-state index contributed by atoms with van der Waals surface area (Å²) in [5.41, 5.74) is 1.67. The Bertz CT molecular complexity index is 356. The molecule has 4 heteroatoms. The number of nitrogens with one attached hydrogen (secondary N) is 1. The fourth-order valence-corrected chi connectivity index (χ4v) is 1.63. The molecular weight excluding hydrogens is 197 g/mol. The average Bonchev–Trinajstić information content (AvgIpc) is 2.58. The molecule has 15 heavy (non-hydrogen) atoms.